The molecule has 1 aliphatic rings. The molecule has 2 N–H and O–H groups in total. The second-order valence-electron chi connectivity index (χ2n) is 3.85. The number of carboxylic acid groups (broad SMARTS) is 1. The minimum absolute atomic E-state index is 0.0622. The zero-order chi connectivity index (χ0) is 11.5. The molecule has 86 valence electrons. The summed E-state index contributed by atoms with van der Waals surface area (Å²) in [5.41, 5.74) is 4.03. The summed E-state index contributed by atoms with van der Waals surface area (Å²) < 4.78 is 0. The van der Waals surface area contributed by atoms with E-state index in [0.717, 1.165) is 12.1 Å². The van der Waals surface area contributed by atoms with E-state index in [1.54, 1.807) is 0 Å². The highest BCUT2D eigenvalue weighted by Crippen LogP contribution is 2.22. The number of nitrogens with one attached hydrogen (secondary N) is 1. The normalized spacial score (nSPS) is 22.6. The van der Waals surface area contributed by atoms with Crippen molar-refractivity contribution in [3.8, 4) is 0 Å². The molecule has 1 heterocycles. The lowest BCUT2D eigenvalue weighted by Gasteiger charge is -2.02. The van der Waals surface area contributed by atoms with Gasteiger partial charge in [-0.15, -0.1) is 11.3 Å². The van der Waals surface area contributed by atoms with Crippen molar-refractivity contribution in [1.29, 1.82) is 0 Å². The predicted octanol–water partition coefficient (Wildman–Crippen LogP) is 2.43. The van der Waals surface area contributed by atoms with Crippen LogP contribution >= 0.6 is 11.3 Å². The first-order valence-electron chi connectivity index (χ1n) is 5.18. The van der Waals surface area contributed by atoms with Crippen LogP contribution in [0.2, 0.25) is 0 Å². The zero-order valence-corrected chi connectivity index (χ0v) is 9.75. The minimum Gasteiger partial charge on any atom is -0.476 e. The lowest BCUT2D eigenvalue weighted by Crippen LogP contribution is -2.05. The van der Waals surface area contributed by atoms with Crippen molar-refractivity contribution < 1.29 is 9.90 Å². The van der Waals surface area contributed by atoms with Crippen LogP contribution in [0.3, 0.4) is 0 Å². The van der Waals surface area contributed by atoms with Crippen LogP contribution in [-0.2, 0) is 0 Å². The van der Waals surface area contributed by atoms with E-state index in [1.807, 2.05) is 0 Å². The molecule has 0 radical (unpaired) electrons. The van der Waals surface area contributed by atoms with Crippen molar-refractivity contribution in [2.75, 3.05) is 5.43 Å². The quantitative estimate of drug-likeness (QED) is 0.794. The summed E-state index contributed by atoms with van der Waals surface area (Å²) >= 11 is 1.25. The first-order valence-corrected chi connectivity index (χ1v) is 6.06. The van der Waals surface area contributed by atoms with Crippen LogP contribution in [0.15, 0.2) is 10.5 Å². The van der Waals surface area contributed by atoms with Crippen molar-refractivity contribution >= 4 is 28.1 Å². The highest BCUT2D eigenvalue weighted by Gasteiger charge is 2.17. The van der Waals surface area contributed by atoms with E-state index in [0.29, 0.717) is 11.0 Å². The molecule has 1 aromatic heterocycles. The van der Waals surface area contributed by atoms with E-state index in [4.69, 9.17) is 5.11 Å². The number of hydrazone groups is 1. The number of thiazole rings is 1. The Morgan fingerprint density at radius 1 is 1.75 bits per heavy atom. The van der Waals surface area contributed by atoms with Crippen LogP contribution in [0, 0.1) is 5.92 Å². The number of rotatable bonds is 3. The van der Waals surface area contributed by atoms with Crippen LogP contribution in [0.1, 0.15) is 36.7 Å². The molecular formula is C10H13N3O2S. The molecule has 16 heavy (non-hydrogen) atoms. The number of hydrogen-bond donors (Lipinski definition) is 2. The molecule has 0 bridgehead atoms. The van der Waals surface area contributed by atoms with Crippen LogP contribution in [-0.4, -0.2) is 21.8 Å². The summed E-state index contributed by atoms with van der Waals surface area (Å²) in [5, 5.41) is 15.0. The van der Waals surface area contributed by atoms with E-state index in [-0.39, 0.29) is 5.69 Å². The van der Waals surface area contributed by atoms with Gasteiger partial charge in [-0.05, 0) is 25.2 Å². The smallest absolute Gasteiger partial charge is 0.355 e. The molecule has 6 heteroatoms. The molecule has 0 amide bonds. The van der Waals surface area contributed by atoms with Gasteiger partial charge in [0.2, 0.25) is 5.13 Å². The topological polar surface area (TPSA) is 74.6 Å². The molecule has 1 aliphatic carbocycles. The second-order valence-corrected chi connectivity index (χ2v) is 4.71. The van der Waals surface area contributed by atoms with E-state index in [2.05, 4.69) is 22.4 Å². The average molecular weight is 239 g/mol. The molecule has 0 spiro atoms. The van der Waals surface area contributed by atoms with Crippen LogP contribution < -0.4 is 5.43 Å². The summed E-state index contributed by atoms with van der Waals surface area (Å²) in [5.74, 6) is -0.488. The number of carbonyl (C=O) groups is 1. The number of anilines is 1. The lowest BCUT2D eigenvalue weighted by atomic mass is 10.1. The Bertz CT molecular complexity index is 427. The molecular weight excluding hydrogens is 226 g/mol. The Balaban J connectivity index is 2.01. The highest BCUT2D eigenvalue weighted by atomic mass is 32.1. The van der Waals surface area contributed by atoms with Gasteiger partial charge in [0.15, 0.2) is 5.69 Å². The summed E-state index contributed by atoms with van der Waals surface area (Å²) in [6.45, 7) is 2.15. The molecule has 0 saturated heterocycles. The van der Waals surface area contributed by atoms with E-state index in [9.17, 15) is 4.79 Å². The fourth-order valence-electron chi connectivity index (χ4n) is 1.71. The maximum Gasteiger partial charge on any atom is 0.355 e. The minimum atomic E-state index is -1.01. The van der Waals surface area contributed by atoms with Gasteiger partial charge in [0.05, 0.1) is 0 Å². The van der Waals surface area contributed by atoms with Gasteiger partial charge in [-0.1, -0.05) is 6.92 Å². The second kappa shape index (κ2) is 4.61. The maximum atomic E-state index is 10.6. The molecule has 0 aliphatic heterocycles. The number of hydrogen-bond acceptors (Lipinski definition) is 5. The lowest BCUT2D eigenvalue weighted by molar-refractivity contribution is 0.0691. The molecule has 0 aromatic carbocycles. The molecule has 1 saturated carbocycles. The van der Waals surface area contributed by atoms with Gasteiger partial charge < -0.3 is 5.11 Å². The number of nitrogens with zero attached hydrogens (tertiary/aromatic N) is 2. The van der Waals surface area contributed by atoms with Gasteiger partial charge in [-0.2, -0.15) is 5.10 Å². The SMILES string of the molecule is CC1CCC/C1=N\Nc1nc(C(=O)O)cs1. The van der Waals surface area contributed by atoms with E-state index in [1.165, 1.54) is 29.6 Å². The summed E-state index contributed by atoms with van der Waals surface area (Å²) in [7, 11) is 0. The van der Waals surface area contributed by atoms with Gasteiger partial charge in [-0.25, -0.2) is 9.78 Å². The van der Waals surface area contributed by atoms with Crippen molar-refractivity contribution in [3.05, 3.63) is 11.1 Å². The van der Waals surface area contributed by atoms with Gasteiger partial charge >= 0.3 is 5.97 Å². The standard InChI is InChI=1S/C10H13N3O2S/c1-6-3-2-4-7(6)12-13-10-11-8(5-16-10)9(14)15/h5-6H,2-4H2,1H3,(H,11,13)(H,14,15)/b12-7+. The van der Waals surface area contributed by atoms with E-state index < -0.39 is 5.97 Å². The predicted molar refractivity (Wildman–Crippen MR) is 63.1 cm³/mol. The molecule has 1 aromatic rings. The summed E-state index contributed by atoms with van der Waals surface area (Å²) in [6.07, 6.45) is 3.38. The van der Waals surface area contributed by atoms with E-state index >= 15 is 0 Å². The Morgan fingerprint density at radius 3 is 3.12 bits per heavy atom. The largest absolute Gasteiger partial charge is 0.476 e. The monoisotopic (exact) mass is 239 g/mol. The van der Waals surface area contributed by atoms with Gasteiger partial charge in [0.25, 0.3) is 0 Å². The highest BCUT2D eigenvalue weighted by molar-refractivity contribution is 7.13. The summed E-state index contributed by atoms with van der Waals surface area (Å²) in [4.78, 5) is 14.5. The molecule has 2 rings (SSSR count). The number of aromatic nitrogens is 1. The third kappa shape index (κ3) is 2.38. The average Bonchev–Trinajstić information content (AvgIpc) is 2.83. The van der Waals surface area contributed by atoms with Gasteiger partial charge in [0.1, 0.15) is 0 Å². The number of carboxylic acids is 1. The molecule has 1 atom stereocenters. The molecule has 1 unspecified atom stereocenters. The Hall–Kier alpha value is -1.43. The first-order chi connectivity index (χ1) is 7.66. The van der Waals surface area contributed by atoms with Crippen molar-refractivity contribution in [2.45, 2.75) is 26.2 Å². The fourth-order valence-corrected chi connectivity index (χ4v) is 2.34. The molecule has 1 fully saturated rings. The van der Waals surface area contributed by atoms with Gasteiger partial charge in [-0.3, -0.25) is 5.43 Å². The Labute approximate surface area is 97.2 Å². The van der Waals surface area contributed by atoms with Crippen molar-refractivity contribution in [3.63, 3.8) is 0 Å². The van der Waals surface area contributed by atoms with Crippen LogP contribution in [0.25, 0.3) is 0 Å². The summed E-state index contributed by atoms with van der Waals surface area (Å²) in [6, 6.07) is 0. The maximum absolute atomic E-state index is 10.6. The molecule has 5 nitrogen and oxygen atoms in total. The zero-order valence-electron chi connectivity index (χ0n) is 8.93. The van der Waals surface area contributed by atoms with Gasteiger partial charge in [0, 0.05) is 11.1 Å². The van der Waals surface area contributed by atoms with Crippen molar-refractivity contribution in [1.82, 2.24) is 4.98 Å². The third-order valence-electron chi connectivity index (χ3n) is 2.66. The van der Waals surface area contributed by atoms with Crippen LogP contribution in [0.5, 0.6) is 0 Å². The van der Waals surface area contributed by atoms with Crippen LogP contribution in [0.4, 0.5) is 5.13 Å². The Kier molecular flexibility index (Phi) is 3.19. The van der Waals surface area contributed by atoms with Crippen molar-refractivity contribution in [2.24, 2.45) is 11.0 Å². The third-order valence-corrected chi connectivity index (χ3v) is 3.40. The first kappa shape index (κ1) is 11.1. The number of aromatic carboxylic acids is 1. The Morgan fingerprint density at radius 2 is 2.56 bits per heavy atom. The fraction of sp³-hybridized carbons (Fsp3) is 0.500.